The van der Waals surface area contributed by atoms with Crippen molar-refractivity contribution in [3.63, 3.8) is 0 Å². The van der Waals surface area contributed by atoms with E-state index in [2.05, 4.69) is 46.8 Å². The second kappa shape index (κ2) is 10.5. The van der Waals surface area contributed by atoms with Crippen LogP contribution >= 0.6 is 0 Å². The van der Waals surface area contributed by atoms with Crippen LogP contribution in [0.25, 0.3) is 10.8 Å². The first-order chi connectivity index (χ1) is 18.7. The van der Waals surface area contributed by atoms with Crippen molar-refractivity contribution in [2.45, 2.75) is 111 Å². The van der Waals surface area contributed by atoms with E-state index in [4.69, 9.17) is 4.74 Å². The van der Waals surface area contributed by atoms with E-state index in [-0.39, 0.29) is 6.10 Å². The third-order valence-electron chi connectivity index (χ3n) is 12.4. The largest absolute Gasteiger partial charge is 0.507 e. The first kappa shape index (κ1) is 27.2. The lowest BCUT2D eigenvalue weighted by Crippen LogP contribution is -2.51. The summed E-state index contributed by atoms with van der Waals surface area (Å²) in [5.41, 5.74) is 2.59. The molecule has 3 fully saturated rings. The molecule has 0 radical (unpaired) electrons. The normalized spacial score (nSPS) is 36.7. The van der Waals surface area contributed by atoms with E-state index < -0.39 is 0 Å². The molecule has 0 amide bonds. The van der Waals surface area contributed by atoms with Crippen LogP contribution in [-0.4, -0.2) is 11.2 Å². The maximum absolute atomic E-state index is 10.3. The Balaban J connectivity index is 1.16. The topological polar surface area (TPSA) is 29.5 Å². The number of phenols is 1. The number of phenolic OH excluding ortho intramolecular Hbond substituents is 1. The molecule has 1 N–H and O–H groups in total. The van der Waals surface area contributed by atoms with E-state index in [1.165, 1.54) is 57.8 Å². The summed E-state index contributed by atoms with van der Waals surface area (Å²) in [6.07, 6.45) is 17.7. The van der Waals surface area contributed by atoms with E-state index in [0.717, 1.165) is 64.9 Å². The van der Waals surface area contributed by atoms with Gasteiger partial charge in [-0.05, 0) is 103 Å². The number of fused-ring (bicyclic) bond motifs is 6. The molecule has 2 heteroatoms. The molecule has 4 aliphatic carbocycles. The van der Waals surface area contributed by atoms with Crippen LogP contribution in [0.2, 0.25) is 0 Å². The lowest BCUT2D eigenvalue weighted by atomic mass is 9.47. The summed E-state index contributed by atoms with van der Waals surface area (Å²) in [6.45, 7) is 12.7. The standard InChI is InChI=1S/C37H52O2/c1-24(2)9-8-10-25(3)31-15-16-32-30-14-13-26-23-27(19-21-36(26,4)33(30)20-22-37(31,32)5)39-35-18-17-34(38)28-11-6-7-12-29(28)35/h6-7,11-13,17-18,24-25,27,30-33,38H,8-10,14-16,19-23H2,1-5H3/t25-,27+,30?,31-,32?,33?,36+,37-/m1/s1. The van der Waals surface area contributed by atoms with Gasteiger partial charge in [0, 0.05) is 17.2 Å². The Kier molecular flexibility index (Phi) is 7.30. The second-order valence-corrected chi connectivity index (χ2v) is 14.9. The number of allylic oxidation sites excluding steroid dienone is 1. The summed E-state index contributed by atoms with van der Waals surface area (Å²) in [7, 11) is 0. The van der Waals surface area contributed by atoms with Gasteiger partial charge in [-0.3, -0.25) is 0 Å². The molecule has 6 rings (SSSR count). The molecule has 0 heterocycles. The summed E-state index contributed by atoms with van der Waals surface area (Å²) in [5, 5.41) is 12.2. The van der Waals surface area contributed by atoms with Crippen LogP contribution in [0.15, 0.2) is 48.0 Å². The SMILES string of the molecule is CC(C)CCC[C@@H](C)[C@H]1CCC2C3CC=C4C[C@@H](Oc5ccc(O)c6ccccc56)CC[C@]4(C)C3CC[C@@]21C. The third-order valence-corrected chi connectivity index (χ3v) is 12.4. The number of benzene rings is 2. The highest BCUT2D eigenvalue weighted by atomic mass is 16.5. The molecule has 4 aliphatic rings. The Morgan fingerprint density at radius 2 is 1.69 bits per heavy atom. The molecule has 0 aromatic heterocycles. The Morgan fingerprint density at radius 3 is 2.49 bits per heavy atom. The molecular formula is C37H52O2. The van der Waals surface area contributed by atoms with Crippen molar-refractivity contribution in [1.29, 1.82) is 0 Å². The zero-order valence-corrected chi connectivity index (χ0v) is 25.2. The number of rotatable bonds is 7. The summed E-state index contributed by atoms with van der Waals surface area (Å²) in [5.74, 6) is 6.54. The highest BCUT2D eigenvalue weighted by Crippen LogP contribution is 2.67. The van der Waals surface area contributed by atoms with Crippen LogP contribution < -0.4 is 4.74 Å². The highest BCUT2D eigenvalue weighted by Gasteiger charge is 2.59. The van der Waals surface area contributed by atoms with Crippen molar-refractivity contribution in [3.8, 4) is 11.5 Å². The van der Waals surface area contributed by atoms with Gasteiger partial charge in [0.25, 0.3) is 0 Å². The van der Waals surface area contributed by atoms with E-state index >= 15 is 0 Å². The van der Waals surface area contributed by atoms with Gasteiger partial charge in [-0.15, -0.1) is 0 Å². The lowest BCUT2D eigenvalue weighted by Gasteiger charge is -2.58. The van der Waals surface area contributed by atoms with Crippen LogP contribution in [-0.2, 0) is 0 Å². The minimum atomic E-state index is 0.227. The van der Waals surface area contributed by atoms with E-state index in [1.807, 2.05) is 24.3 Å². The minimum Gasteiger partial charge on any atom is -0.507 e. The van der Waals surface area contributed by atoms with Crippen molar-refractivity contribution in [1.82, 2.24) is 0 Å². The lowest BCUT2D eigenvalue weighted by molar-refractivity contribution is -0.0558. The Bertz CT molecular complexity index is 1210. The molecule has 0 saturated heterocycles. The fourth-order valence-corrected chi connectivity index (χ4v) is 10.3. The van der Waals surface area contributed by atoms with Crippen LogP contribution in [0.3, 0.4) is 0 Å². The fraction of sp³-hybridized carbons (Fsp3) is 0.676. The maximum atomic E-state index is 10.3. The van der Waals surface area contributed by atoms with Gasteiger partial charge in [-0.25, -0.2) is 0 Å². The summed E-state index contributed by atoms with van der Waals surface area (Å²) in [4.78, 5) is 0. The quantitative estimate of drug-likeness (QED) is 0.362. The summed E-state index contributed by atoms with van der Waals surface area (Å²) < 4.78 is 6.67. The van der Waals surface area contributed by atoms with Crippen molar-refractivity contribution < 1.29 is 9.84 Å². The zero-order valence-electron chi connectivity index (χ0n) is 25.2. The van der Waals surface area contributed by atoms with E-state index in [0.29, 0.717) is 16.6 Å². The summed E-state index contributed by atoms with van der Waals surface area (Å²) in [6, 6.07) is 11.8. The predicted octanol–water partition coefficient (Wildman–Crippen LogP) is 10.3. The Labute approximate surface area is 237 Å². The third kappa shape index (κ3) is 4.72. The van der Waals surface area contributed by atoms with Gasteiger partial charge >= 0.3 is 0 Å². The molecule has 3 saturated carbocycles. The van der Waals surface area contributed by atoms with Gasteiger partial charge in [0.2, 0.25) is 0 Å². The monoisotopic (exact) mass is 528 g/mol. The molecule has 2 aromatic rings. The van der Waals surface area contributed by atoms with Gasteiger partial charge in [-0.2, -0.15) is 0 Å². The zero-order chi connectivity index (χ0) is 27.4. The van der Waals surface area contributed by atoms with Crippen LogP contribution in [0.1, 0.15) is 105 Å². The first-order valence-electron chi connectivity index (χ1n) is 16.3. The van der Waals surface area contributed by atoms with Crippen molar-refractivity contribution in [2.24, 2.45) is 46.3 Å². The molecule has 212 valence electrons. The number of hydrogen-bond donors (Lipinski definition) is 1. The molecule has 2 nitrogen and oxygen atoms in total. The molecule has 0 bridgehead atoms. The van der Waals surface area contributed by atoms with E-state index in [9.17, 15) is 5.11 Å². The van der Waals surface area contributed by atoms with Crippen molar-refractivity contribution >= 4 is 10.8 Å². The predicted molar refractivity (Wildman–Crippen MR) is 163 cm³/mol. The van der Waals surface area contributed by atoms with Crippen molar-refractivity contribution in [2.75, 3.05) is 0 Å². The molecular weight excluding hydrogens is 476 g/mol. The van der Waals surface area contributed by atoms with Gasteiger partial charge < -0.3 is 9.84 Å². The molecule has 0 aliphatic heterocycles. The highest BCUT2D eigenvalue weighted by molar-refractivity contribution is 5.92. The van der Waals surface area contributed by atoms with Crippen LogP contribution in [0.5, 0.6) is 11.5 Å². The number of hydrogen-bond acceptors (Lipinski definition) is 2. The first-order valence-corrected chi connectivity index (χ1v) is 16.3. The molecule has 3 unspecified atom stereocenters. The molecule has 8 atom stereocenters. The van der Waals surface area contributed by atoms with Gasteiger partial charge in [-0.1, -0.05) is 89.8 Å². The fourth-order valence-electron chi connectivity index (χ4n) is 10.3. The van der Waals surface area contributed by atoms with Gasteiger partial charge in [0.1, 0.15) is 17.6 Å². The second-order valence-electron chi connectivity index (χ2n) is 14.9. The number of aromatic hydroxyl groups is 1. The van der Waals surface area contributed by atoms with Crippen LogP contribution in [0.4, 0.5) is 0 Å². The smallest absolute Gasteiger partial charge is 0.127 e. The Hall–Kier alpha value is -1.96. The molecule has 39 heavy (non-hydrogen) atoms. The van der Waals surface area contributed by atoms with Crippen molar-refractivity contribution in [3.05, 3.63) is 48.0 Å². The maximum Gasteiger partial charge on any atom is 0.127 e. The Morgan fingerprint density at radius 1 is 0.897 bits per heavy atom. The van der Waals surface area contributed by atoms with Crippen LogP contribution in [0, 0.1) is 46.3 Å². The molecule has 0 spiro atoms. The van der Waals surface area contributed by atoms with E-state index in [1.54, 1.807) is 11.6 Å². The average Bonchev–Trinajstić information content (AvgIpc) is 3.27. The summed E-state index contributed by atoms with van der Waals surface area (Å²) >= 11 is 0. The van der Waals surface area contributed by atoms with Gasteiger partial charge in [0.05, 0.1) is 0 Å². The average molecular weight is 529 g/mol. The van der Waals surface area contributed by atoms with Gasteiger partial charge in [0.15, 0.2) is 0 Å². The number of ether oxygens (including phenoxy) is 1. The minimum absolute atomic E-state index is 0.227. The molecule has 2 aromatic carbocycles.